The first-order valence-electron chi connectivity index (χ1n) is 9.43. The molecular weight excluding hydrogens is 320 g/mol. The van der Waals surface area contributed by atoms with Gasteiger partial charge in [0, 0.05) is 5.41 Å². The molecule has 0 amide bonds. The third-order valence-corrected chi connectivity index (χ3v) is 8.68. The third kappa shape index (κ3) is 1.76. The first-order chi connectivity index (χ1) is 11.6. The minimum atomic E-state index is -0.980. The highest BCUT2D eigenvalue weighted by Crippen LogP contribution is 2.71. The first kappa shape index (κ1) is 17.2. The molecule has 8 atom stereocenters. The molecular formula is C20H28O5. The van der Waals surface area contributed by atoms with Gasteiger partial charge in [-0.1, -0.05) is 13.5 Å². The van der Waals surface area contributed by atoms with Gasteiger partial charge in [0.2, 0.25) is 0 Å². The van der Waals surface area contributed by atoms with E-state index >= 15 is 0 Å². The SMILES string of the molecule is C=C1C(=O)[C@]23C[C@H]1CCC2[C@@]1(C)C(C[C@@H]3O)[C@](C)(C(=O)O)CC[C@@H]1O. The van der Waals surface area contributed by atoms with Crippen LogP contribution < -0.4 is 0 Å². The van der Waals surface area contributed by atoms with Gasteiger partial charge >= 0.3 is 5.97 Å². The van der Waals surface area contributed by atoms with Gasteiger partial charge in [0.15, 0.2) is 5.78 Å². The predicted molar refractivity (Wildman–Crippen MR) is 90.6 cm³/mol. The van der Waals surface area contributed by atoms with Crippen molar-refractivity contribution in [3.05, 3.63) is 12.2 Å². The minimum absolute atomic E-state index is 0.0398. The maximum absolute atomic E-state index is 13.1. The molecule has 3 N–H and O–H groups in total. The second-order valence-electron chi connectivity index (χ2n) is 9.37. The van der Waals surface area contributed by atoms with Crippen molar-refractivity contribution in [3.8, 4) is 0 Å². The highest BCUT2D eigenvalue weighted by molar-refractivity contribution is 6.03. The number of carbonyl (C=O) groups is 2. The monoisotopic (exact) mass is 348 g/mol. The molecule has 0 aromatic heterocycles. The van der Waals surface area contributed by atoms with E-state index in [1.165, 1.54) is 0 Å². The summed E-state index contributed by atoms with van der Waals surface area (Å²) in [6.45, 7) is 7.70. The normalized spacial score (nSPS) is 54.8. The predicted octanol–water partition coefficient (Wildman–Crippen LogP) is 2.16. The summed E-state index contributed by atoms with van der Waals surface area (Å²) in [4.78, 5) is 25.2. The van der Waals surface area contributed by atoms with Crippen molar-refractivity contribution in [2.45, 2.75) is 64.6 Å². The summed E-state index contributed by atoms with van der Waals surface area (Å²) in [7, 11) is 0. The van der Waals surface area contributed by atoms with E-state index < -0.39 is 34.4 Å². The lowest BCUT2D eigenvalue weighted by Crippen LogP contribution is -2.68. The Morgan fingerprint density at radius 2 is 1.80 bits per heavy atom. The van der Waals surface area contributed by atoms with Crippen LogP contribution in [0.2, 0.25) is 0 Å². The molecule has 2 unspecified atom stereocenters. The van der Waals surface area contributed by atoms with Gasteiger partial charge in [-0.15, -0.1) is 0 Å². The lowest BCUT2D eigenvalue weighted by molar-refractivity contribution is -0.234. The molecule has 5 nitrogen and oxygen atoms in total. The fourth-order valence-corrected chi connectivity index (χ4v) is 7.21. The Balaban J connectivity index is 1.88. The smallest absolute Gasteiger partial charge is 0.309 e. The van der Waals surface area contributed by atoms with Crippen LogP contribution in [-0.4, -0.2) is 39.3 Å². The topological polar surface area (TPSA) is 94.8 Å². The van der Waals surface area contributed by atoms with Crippen LogP contribution in [0.5, 0.6) is 0 Å². The number of Topliss-reactive ketones (excluding diaryl/α,β-unsaturated/α-hetero) is 1. The molecule has 5 heteroatoms. The lowest BCUT2D eigenvalue weighted by atomic mass is 9.39. The summed E-state index contributed by atoms with van der Waals surface area (Å²) in [5.74, 6) is -1.31. The Morgan fingerprint density at radius 1 is 1.12 bits per heavy atom. The lowest BCUT2D eigenvalue weighted by Gasteiger charge is -2.65. The van der Waals surface area contributed by atoms with Crippen molar-refractivity contribution in [2.24, 2.45) is 34.0 Å². The molecule has 0 radical (unpaired) electrons. The molecule has 4 aliphatic rings. The van der Waals surface area contributed by atoms with E-state index in [1.54, 1.807) is 6.92 Å². The summed E-state index contributed by atoms with van der Waals surface area (Å²) in [5.41, 5.74) is -1.90. The number of carbonyl (C=O) groups excluding carboxylic acids is 1. The highest BCUT2D eigenvalue weighted by atomic mass is 16.4. The van der Waals surface area contributed by atoms with Crippen molar-refractivity contribution in [1.82, 2.24) is 0 Å². The molecule has 4 aliphatic carbocycles. The summed E-state index contributed by atoms with van der Waals surface area (Å²) < 4.78 is 0. The van der Waals surface area contributed by atoms with Crippen LogP contribution in [0.3, 0.4) is 0 Å². The van der Waals surface area contributed by atoms with Crippen molar-refractivity contribution in [1.29, 1.82) is 0 Å². The zero-order chi connectivity index (χ0) is 18.4. The molecule has 0 heterocycles. The number of carboxylic acid groups (broad SMARTS) is 1. The van der Waals surface area contributed by atoms with E-state index in [9.17, 15) is 24.9 Å². The molecule has 0 aromatic rings. The van der Waals surface area contributed by atoms with E-state index in [-0.39, 0.29) is 30.0 Å². The molecule has 1 spiro atoms. The maximum atomic E-state index is 13.1. The number of allylic oxidation sites excluding steroid dienone is 1. The Labute approximate surface area is 148 Å². The van der Waals surface area contributed by atoms with Gasteiger partial charge in [-0.05, 0) is 68.8 Å². The molecule has 4 fully saturated rings. The van der Waals surface area contributed by atoms with E-state index in [2.05, 4.69) is 6.58 Å². The van der Waals surface area contributed by atoms with Crippen LogP contribution in [-0.2, 0) is 9.59 Å². The molecule has 2 bridgehead atoms. The average Bonchev–Trinajstić information content (AvgIpc) is 2.76. The van der Waals surface area contributed by atoms with Gasteiger partial charge < -0.3 is 15.3 Å². The third-order valence-electron chi connectivity index (χ3n) is 8.68. The molecule has 4 saturated carbocycles. The molecule has 0 aliphatic heterocycles. The second kappa shape index (κ2) is 4.95. The molecule has 138 valence electrons. The number of carboxylic acids is 1. The number of ketones is 1. The minimum Gasteiger partial charge on any atom is -0.481 e. The quantitative estimate of drug-likeness (QED) is 0.631. The molecule has 0 saturated heterocycles. The fourth-order valence-electron chi connectivity index (χ4n) is 7.21. The summed E-state index contributed by atoms with van der Waals surface area (Å²) >= 11 is 0. The molecule has 0 aromatic carbocycles. The van der Waals surface area contributed by atoms with E-state index in [1.807, 2.05) is 6.92 Å². The van der Waals surface area contributed by atoms with Gasteiger partial charge in [-0.3, -0.25) is 9.59 Å². The highest BCUT2D eigenvalue weighted by Gasteiger charge is 2.72. The number of aliphatic hydroxyl groups excluding tert-OH is 2. The largest absolute Gasteiger partial charge is 0.481 e. The van der Waals surface area contributed by atoms with Crippen LogP contribution in [0.25, 0.3) is 0 Å². The average molecular weight is 348 g/mol. The number of fused-ring (bicyclic) bond motifs is 3. The van der Waals surface area contributed by atoms with Gasteiger partial charge in [-0.25, -0.2) is 0 Å². The number of rotatable bonds is 1. The maximum Gasteiger partial charge on any atom is 0.309 e. The van der Waals surface area contributed by atoms with E-state index in [4.69, 9.17) is 0 Å². The van der Waals surface area contributed by atoms with Crippen LogP contribution in [0.15, 0.2) is 12.2 Å². The summed E-state index contributed by atoms with van der Waals surface area (Å²) in [6.07, 6.45) is 1.78. The van der Waals surface area contributed by atoms with Gasteiger partial charge in [0.1, 0.15) is 0 Å². The Morgan fingerprint density at radius 3 is 2.44 bits per heavy atom. The van der Waals surface area contributed by atoms with Crippen LogP contribution in [0.1, 0.15) is 52.4 Å². The van der Waals surface area contributed by atoms with E-state index in [0.717, 1.165) is 12.8 Å². The number of aliphatic carboxylic acids is 1. The second-order valence-corrected chi connectivity index (χ2v) is 9.37. The molecule has 25 heavy (non-hydrogen) atoms. The number of hydrogen-bond acceptors (Lipinski definition) is 4. The number of aliphatic hydroxyl groups is 2. The van der Waals surface area contributed by atoms with Crippen molar-refractivity contribution < 1.29 is 24.9 Å². The summed E-state index contributed by atoms with van der Waals surface area (Å²) in [5, 5.41) is 32.0. The van der Waals surface area contributed by atoms with Gasteiger partial charge in [-0.2, -0.15) is 0 Å². The Bertz CT molecular complexity index is 671. The van der Waals surface area contributed by atoms with Crippen molar-refractivity contribution in [2.75, 3.05) is 0 Å². The van der Waals surface area contributed by atoms with Crippen LogP contribution >= 0.6 is 0 Å². The van der Waals surface area contributed by atoms with Crippen molar-refractivity contribution >= 4 is 11.8 Å². The van der Waals surface area contributed by atoms with Gasteiger partial charge in [0.05, 0.1) is 23.0 Å². The summed E-state index contributed by atoms with van der Waals surface area (Å²) in [6, 6.07) is 0. The van der Waals surface area contributed by atoms with Gasteiger partial charge in [0.25, 0.3) is 0 Å². The Hall–Kier alpha value is -1.20. The van der Waals surface area contributed by atoms with Crippen LogP contribution in [0.4, 0.5) is 0 Å². The molecule has 4 rings (SSSR count). The fraction of sp³-hybridized carbons (Fsp3) is 0.800. The first-order valence-corrected chi connectivity index (χ1v) is 9.43. The zero-order valence-corrected chi connectivity index (χ0v) is 15.0. The standard InChI is InChI=1S/C20H28O5/c1-10-11-4-5-12-19(3)13(8-15(22)20(12,9-11)16(10)23)18(2,17(24)25)7-6-14(19)21/h11-15,21-22H,1,4-9H2,2-3H3,(H,24,25)/t11-,12?,13?,14+,15+,18-,19+,20-/m1/s1. The number of hydrogen-bond donors (Lipinski definition) is 3. The zero-order valence-electron chi connectivity index (χ0n) is 15.0. The Kier molecular flexibility index (Phi) is 3.41. The van der Waals surface area contributed by atoms with Crippen LogP contribution in [0, 0.1) is 34.0 Å². The van der Waals surface area contributed by atoms with Crippen molar-refractivity contribution in [3.63, 3.8) is 0 Å². The van der Waals surface area contributed by atoms with E-state index in [0.29, 0.717) is 24.8 Å².